The van der Waals surface area contributed by atoms with E-state index in [2.05, 4.69) is 64.7 Å². The molecule has 1 aliphatic rings. The zero-order chi connectivity index (χ0) is 14.5. The molecule has 2 unspecified atom stereocenters. The second kappa shape index (κ2) is 6.83. The van der Waals surface area contributed by atoms with E-state index in [1.54, 1.807) is 0 Å². The first kappa shape index (κ1) is 14.2. The highest BCUT2D eigenvalue weighted by Gasteiger charge is 2.24. The maximum absolute atomic E-state index is 4.59. The predicted octanol–water partition coefficient (Wildman–Crippen LogP) is 2.85. The van der Waals surface area contributed by atoms with E-state index in [1.807, 2.05) is 12.3 Å². The van der Waals surface area contributed by atoms with Gasteiger partial charge in [0.25, 0.3) is 0 Å². The monoisotopic (exact) mass is 281 g/mol. The molecule has 0 saturated carbocycles. The van der Waals surface area contributed by atoms with Gasteiger partial charge >= 0.3 is 0 Å². The Morgan fingerprint density at radius 2 is 2.00 bits per heavy atom. The summed E-state index contributed by atoms with van der Waals surface area (Å²) in [7, 11) is 2.20. The van der Waals surface area contributed by atoms with Crippen LogP contribution in [-0.4, -0.2) is 36.1 Å². The van der Waals surface area contributed by atoms with Gasteiger partial charge in [0.2, 0.25) is 0 Å². The van der Waals surface area contributed by atoms with Gasteiger partial charge in [0.05, 0.1) is 11.7 Å². The van der Waals surface area contributed by atoms with E-state index >= 15 is 0 Å². The summed E-state index contributed by atoms with van der Waals surface area (Å²) in [5, 5.41) is 3.58. The van der Waals surface area contributed by atoms with Crippen molar-refractivity contribution in [2.45, 2.75) is 24.9 Å². The summed E-state index contributed by atoms with van der Waals surface area (Å²) in [5.74, 6) is 0. The lowest BCUT2D eigenvalue weighted by molar-refractivity contribution is 0.249. The van der Waals surface area contributed by atoms with E-state index in [9.17, 15) is 0 Å². The molecule has 3 rings (SSSR count). The highest BCUT2D eigenvalue weighted by Crippen LogP contribution is 2.26. The number of pyridine rings is 1. The Morgan fingerprint density at radius 3 is 2.67 bits per heavy atom. The second-order valence-electron chi connectivity index (χ2n) is 5.80. The highest BCUT2D eigenvalue weighted by atomic mass is 15.2. The third-order valence-electron chi connectivity index (χ3n) is 4.19. The fraction of sp³-hybridized carbons (Fsp3) is 0.389. The Hall–Kier alpha value is -1.71. The maximum Gasteiger partial charge on any atom is 0.0774 e. The fourth-order valence-corrected chi connectivity index (χ4v) is 3.19. The molecule has 1 N–H and O–H groups in total. The number of aromatic nitrogens is 1. The number of benzene rings is 1. The van der Waals surface area contributed by atoms with Gasteiger partial charge in [0.15, 0.2) is 0 Å². The fourth-order valence-electron chi connectivity index (χ4n) is 3.19. The number of nitrogens with zero attached hydrogens (tertiary/aromatic N) is 2. The summed E-state index contributed by atoms with van der Waals surface area (Å²) < 4.78 is 0. The van der Waals surface area contributed by atoms with Crippen molar-refractivity contribution >= 4 is 0 Å². The van der Waals surface area contributed by atoms with Crippen molar-refractivity contribution < 1.29 is 0 Å². The molecule has 3 nitrogen and oxygen atoms in total. The zero-order valence-electron chi connectivity index (χ0n) is 12.6. The summed E-state index contributed by atoms with van der Waals surface area (Å²) in [5.41, 5.74) is 2.42. The summed E-state index contributed by atoms with van der Waals surface area (Å²) in [6.07, 6.45) is 4.44. The molecule has 21 heavy (non-hydrogen) atoms. The van der Waals surface area contributed by atoms with Crippen LogP contribution in [0.5, 0.6) is 0 Å². The van der Waals surface area contributed by atoms with Crippen molar-refractivity contribution in [1.29, 1.82) is 0 Å². The molecule has 0 amide bonds. The normalized spacial score (nSPS) is 19.8. The van der Waals surface area contributed by atoms with Gasteiger partial charge in [-0.2, -0.15) is 0 Å². The van der Waals surface area contributed by atoms with Crippen molar-refractivity contribution in [2.75, 3.05) is 20.1 Å². The summed E-state index contributed by atoms with van der Waals surface area (Å²) in [6, 6.07) is 17.6. The first-order valence-corrected chi connectivity index (χ1v) is 7.74. The number of rotatable bonds is 5. The van der Waals surface area contributed by atoms with E-state index in [0.29, 0.717) is 6.04 Å². The molecular weight excluding hydrogens is 258 g/mol. The molecule has 0 aliphatic carbocycles. The molecule has 1 fully saturated rings. The van der Waals surface area contributed by atoms with Crippen molar-refractivity contribution in [3.8, 4) is 0 Å². The standard InChI is InChI=1S/C18H23N3/c1-21(14-16-10-7-13-19-16)18(15-8-3-2-4-9-15)17-11-5-6-12-20-17/h2-6,8-9,11-12,16,18-19H,7,10,13-14H2,1H3. The summed E-state index contributed by atoms with van der Waals surface area (Å²) in [6.45, 7) is 2.20. The molecular formula is C18H23N3. The predicted molar refractivity (Wildman–Crippen MR) is 86.2 cm³/mol. The Labute approximate surface area is 127 Å². The zero-order valence-corrected chi connectivity index (χ0v) is 12.6. The quantitative estimate of drug-likeness (QED) is 0.913. The Balaban J connectivity index is 1.85. The molecule has 0 bridgehead atoms. The molecule has 1 saturated heterocycles. The van der Waals surface area contributed by atoms with E-state index in [0.717, 1.165) is 18.8 Å². The van der Waals surface area contributed by atoms with Crippen LogP contribution in [0.25, 0.3) is 0 Å². The lowest BCUT2D eigenvalue weighted by Crippen LogP contribution is -2.38. The number of hydrogen-bond acceptors (Lipinski definition) is 3. The highest BCUT2D eigenvalue weighted by molar-refractivity contribution is 5.27. The van der Waals surface area contributed by atoms with Gasteiger partial charge in [0, 0.05) is 18.8 Å². The lowest BCUT2D eigenvalue weighted by Gasteiger charge is -2.30. The van der Waals surface area contributed by atoms with Crippen LogP contribution in [0.3, 0.4) is 0 Å². The van der Waals surface area contributed by atoms with Crippen LogP contribution >= 0.6 is 0 Å². The van der Waals surface area contributed by atoms with Crippen LogP contribution in [0, 0.1) is 0 Å². The van der Waals surface area contributed by atoms with Crippen molar-refractivity contribution in [3.05, 3.63) is 66.0 Å². The Morgan fingerprint density at radius 1 is 1.19 bits per heavy atom. The van der Waals surface area contributed by atoms with Gasteiger partial charge < -0.3 is 5.32 Å². The molecule has 1 aromatic carbocycles. The number of hydrogen-bond donors (Lipinski definition) is 1. The van der Waals surface area contributed by atoms with E-state index < -0.39 is 0 Å². The first-order valence-electron chi connectivity index (χ1n) is 7.74. The minimum absolute atomic E-state index is 0.217. The van der Waals surface area contributed by atoms with Gasteiger partial charge in [-0.1, -0.05) is 36.4 Å². The first-order chi connectivity index (χ1) is 10.3. The van der Waals surface area contributed by atoms with Crippen LogP contribution in [0.1, 0.15) is 30.1 Å². The minimum Gasteiger partial charge on any atom is -0.313 e. The average molecular weight is 281 g/mol. The molecule has 3 heteroatoms. The van der Waals surface area contributed by atoms with Crippen LogP contribution in [0.15, 0.2) is 54.7 Å². The van der Waals surface area contributed by atoms with E-state index in [4.69, 9.17) is 0 Å². The topological polar surface area (TPSA) is 28.2 Å². The van der Waals surface area contributed by atoms with Crippen molar-refractivity contribution in [2.24, 2.45) is 0 Å². The molecule has 2 heterocycles. The van der Waals surface area contributed by atoms with Crippen molar-refractivity contribution in [1.82, 2.24) is 15.2 Å². The molecule has 2 atom stereocenters. The third-order valence-corrected chi connectivity index (χ3v) is 4.19. The molecule has 110 valence electrons. The molecule has 1 aliphatic heterocycles. The SMILES string of the molecule is CN(CC1CCCN1)C(c1ccccc1)c1ccccn1. The summed E-state index contributed by atoms with van der Waals surface area (Å²) in [4.78, 5) is 7.01. The van der Waals surface area contributed by atoms with Gasteiger partial charge in [-0.25, -0.2) is 0 Å². The Kier molecular flexibility index (Phi) is 4.63. The smallest absolute Gasteiger partial charge is 0.0774 e. The van der Waals surface area contributed by atoms with Gasteiger partial charge in [-0.15, -0.1) is 0 Å². The van der Waals surface area contributed by atoms with Gasteiger partial charge in [-0.05, 0) is 44.1 Å². The summed E-state index contributed by atoms with van der Waals surface area (Å²) >= 11 is 0. The van der Waals surface area contributed by atoms with Crippen molar-refractivity contribution in [3.63, 3.8) is 0 Å². The van der Waals surface area contributed by atoms with Crippen LogP contribution < -0.4 is 5.32 Å². The molecule has 0 radical (unpaired) electrons. The van der Waals surface area contributed by atoms with Crippen LogP contribution in [0.4, 0.5) is 0 Å². The lowest BCUT2D eigenvalue weighted by atomic mass is 10.0. The largest absolute Gasteiger partial charge is 0.313 e. The maximum atomic E-state index is 4.59. The molecule has 0 spiro atoms. The Bertz CT molecular complexity index is 495. The van der Waals surface area contributed by atoms with Crippen LogP contribution in [0.2, 0.25) is 0 Å². The molecule has 2 aromatic rings. The second-order valence-corrected chi connectivity index (χ2v) is 5.80. The average Bonchev–Trinajstić information content (AvgIpc) is 3.02. The molecule has 1 aromatic heterocycles. The van der Waals surface area contributed by atoms with E-state index in [1.165, 1.54) is 18.4 Å². The van der Waals surface area contributed by atoms with Gasteiger partial charge in [-0.3, -0.25) is 9.88 Å². The number of nitrogens with one attached hydrogen (secondary N) is 1. The van der Waals surface area contributed by atoms with E-state index in [-0.39, 0.29) is 6.04 Å². The minimum atomic E-state index is 0.217. The van der Waals surface area contributed by atoms with Crippen LogP contribution in [-0.2, 0) is 0 Å². The third kappa shape index (κ3) is 3.49. The number of likely N-dealkylation sites (N-methyl/N-ethyl adjacent to an activating group) is 1. The van der Waals surface area contributed by atoms with Gasteiger partial charge in [0.1, 0.15) is 0 Å².